The van der Waals surface area contributed by atoms with Crippen molar-refractivity contribution in [2.24, 2.45) is 0 Å². The highest BCUT2D eigenvalue weighted by atomic mass is 79.9. The molecule has 0 bridgehead atoms. The summed E-state index contributed by atoms with van der Waals surface area (Å²) in [4.78, 5) is 25.7. The second-order valence-electron chi connectivity index (χ2n) is 6.42. The van der Waals surface area contributed by atoms with Gasteiger partial charge in [-0.3, -0.25) is 4.79 Å². The molecule has 0 unspecified atom stereocenters. The lowest BCUT2D eigenvalue weighted by Crippen LogP contribution is -2.12. The van der Waals surface area contributed by atoms with E-state index in [1.165, 1.54) is 4.68 Å². The van der Waals surface area contributed by atoms with Crippen LogP contribution >= 0.6 is 15.9 Å². The third kappa shape index (κ3) is 3.84. The first-order chi connectivity index (χ1) is 14.1. The second kappa shape index (κ2) is 8.01. The predicted molar refractivity (Wildman–Crippen MR) is 115 cm³/mol. The van der Waals surface area contributed by atoms with Crippen molar-refractivity contribution >= 4 is 38.5 Å². The van der Waals surface area contributed by atoms with E-state index in [1.807, 2.05) is 60.7 Å². The Bertz CT molecular complexity index is 1210. The second-order valence-corrected chi connectivity index (χ2v) is 7.34. The van der Waals surface area contributed by atoms with Gasteiger partial charge >= 0.3 is 5.97 Å². The molecule has 0 fully saturated rings. The summed E-state index contributed by atoms with van der Waals surface area (Å²) in [5.41, 5.74) is 1.44. The van der Waals surface area contributed by atoms with Crippen molar-refractivity contribution in [3.05, 3.63) is 94.2 Å². The summed E-state index contributed by atoms with van der Waals surface area (Å²) in [5, 5.41) is 6.34. The summed E-state index contributed by atoms with van der Waals surface area (Å²) in [7, 11) is 0. The normalized spacial score (nSPS) is 10.8. The maximum Gasteiger partial charge on any atom is 0.359 e. The molecule has 0 radical (unpaired) electrons. The average molecular weight is 449 g/mol. The molecular formula is C23H17BrN2O3. The zero-order chi connectivity index (χ0) is 20.4. The van der Waals surface area contributed by atoms with Crippen molar-refractivity contribution in [2.45, 2.75) is 6.92 Å². The van der Waals surface area contributed by atoms with Gasteiger partial charge in [0.2, 0.25) is 0 Å². The van der Waals surface area contributed by atoms with Crippen LogP contribution in [0.15, 0.2) is 77.4 Å². The highest BCUT2D eigenvalue weighted by Crippen LogP contribution is 2.22. The van der Waals surface area contributed by atoms with Gasteiger partial charge in [-0.05, 0) is 48.0 Å². The molecule has 29 heavy (non-hydrogen) atoms. The number of carbonyl (C=O) groups is 2. The number of esters is 1. The lowest BCUT2D eigenvalue weighted by Gasteiger charge is -2.04. The molecule has 1 heterocycles. The van der Waals surface area contributed by atoms with Crippen LogP contribution in [0.3, 0.4) is 0 Å². The van der Waals surface area contributed by atoms with Gasteiger partial charge in [0.25, 0.3) is 0 Å². The average Bonchev–Trinajstić information content (AvgIpc) is 3.19. The molecule has 6 heteroatoms. The van der Waals surface area contributed by atoms with Gasteiger partial charge < -0.3 is 4.74 Å². The minimum absolute atomic E-state index is 0.00734. The van der Waals surface area contributed by atoms with E-state index in [0.29, 0.717) is 5.56 Å². The molecule has 144 valence electrons. The first kappa shape index (κ1) is 19.1. The summed E-state index contributed by atoms with van der Waals surface area (Å²) in [6.07, 6.45) is 1.58. The van der Waals surface area contributed by atoms with Crippen molar-refractivity contribution in [3.8, 4) is 5.69 Å². The van der Waals surface area contributed by atoms with Crippen LogP contribution < -0.4 is 0 Å². The molecule has 0 aliphatic carbocycles. The Morgan fingerprint density at radius 2 is 1.72 bits per heavy atom. The molecule has 4 rings (SSSR count). The Hall–Kier alpha value is -3.25. The van der Waals surface area contributed by atoms with Gasteiger partial charge in [0, 0.05) is 16.2 Å². The molecule has 0 N–H and O–H groups in total. The number of ketones is 1. The number of hydrogen-bond donors (Lipinski definition) is 0. The zero-order valence-electron chi connectivity index (χ0n) is 15.6. The van der Waals surface area contributed by atoms with Crippen molar-refractivity contribution in [1.82, 2.24) is 9.78 Å². The van der Waals surface area contributed by atoms with Crippen molar-refractivity contribution in [3.63, 3.8) is 0 Å². The number of benzene rings is 3. The summed E-state index contributed by atoms with van der Waals surface area (Å²) < 4.78 is 7.56. The smallest absolute Gasteiger partial charge is 0.359 e. The van der Waals surface area contributed by atoms with Crippen LogP contribution in [-0.4, -0.2) is 28.1 Å². The minimum atomic E-state index is -0.618. The minimum Gasteiger partial charge on any atom is -0.461 e. The summed E-state index contributed by atoms with van der Waals surface area (Å²) in [6, 6.07) is 20.7. The van der Waals surface area contributed by atoms with E-state index in [4.69, 9.17) is 4.74 Å². The molecule has 5 nitrogen and oxygen atoms in total. The quantitative estimate of drug-likeness (QED) is 0.311. The first-order valence-corrected chi connectivity index (χ1v) is 9.92. The summed E-state index contributed by atoms with van der Waals surface area (Å²) >= 11 is 3.40. The van der Waals surface area contributed by atoms with Gasteiger partial charge in [0.15, 0.2) is 11.5 Å². The molecule has 3 aromatic carbocycles. The Kier molecular flexibility index (Phi) is 5.27. The number of carbonyl (C=O) groups excluding carboxylic acids is 2. The maximum atomic E-state index is 13.2. The summed E-state index contributed by atoms with van der Waals surface area (Å²) in [5.74, 6) is -0.894. The summed E-state index contributed by atoms with van der Waals surface area (Å²) in [6.45, 7) is 1.92. The van der Waals surface area contributed by atoms with Crippen LogP contribution in [0.1, 0.15) is 33.3 Å². The number of fused-ring (bicyclic) bond motifs is 1. The molecule has 0 saturated carbocycles. The molecule has 4 aromatic rings. The molecule has 0 saturated heterocycles. The number of rotatable bonds is 5. The highest BCUT2D eigenvalue weighted by molar-refractivity contribution is 9.10. The largest absolute Gasteiger partial charge is 0.461 e. The zero-order valence-corrected chi connectivity index (χ0v) is 17.2. The molecule has 0 amide bonds. The number of aromatic nitrogens is 2. The number of ether oxygens (including phenoxy) is 1. The van der Waals surface area contributed by atoms with E-state index in [9.17, 15) is 9.59 Å². The maximum absolute atomic E-state index is 13.2. The first-order valence-electron chi connectivity index (χ1n) is 9.13. The van der Waals surface area contributed by atoms with Gasteiger partial charge in [-0.25, -0.2) is 9.48 Å². The fraction of sp³-hybridized carbons (Fsp3) is 0.0870. The molecule has 0 aliphatic rings. The van der Waals surface area contributed by atoms with Crippen LogP contribution in [0.4, 0.5) is 0 Å². The Morgan fingerprint density at radius 3 is 2.45 bits per heavy atom. The Morgan fingerprint density at radius 1 is 1.00 bits per heavy atom. The predicted octanol–water partition coefficient (Wildman–Crippen LogP) is 5.20. The van der Waals surface area contributed by atoms with E-state index < -0.39 is 5.97 Å². The Labute approximate surface area is 176 Å². The molecule has 1 aromatic heterocycles. The fourth-order valence-electron chi connectivity index (χ4n) is 3.10. The Balaban J connectivity index is 1.80. The van der Waals surface area contributed by atoms with Crippen molar-refractivity contribution < 1.29 is 14.3 Å². The van der Waals surface area contributed by atoms with Crippen LogP contribution in [0.2, 0.25) is 0 Å². The molecule has 0 spiro atoms. The van der Waals surface area contributed by atoms with Gasteiger partial charge in [0.05, 0.1) is 17.9 Å². The van der Waals surface area contributed by atoms with E-state index in [0.717, 1.165) is 20.9 Å². The monoisotopic (exact) mass is 448 g/mol. The SMILES string of the molecule is CCOC(=O)c1nn(-c2ccc(Br)cc2)cc1C(=O)c1ccc2ccccc2c1. The molecule has 0 atom stereocenters. The fourth-order valence-corrected chi connectivity index (χ4v) is 3.37. The lowest BCUT2D eigenvalue weighted by atomic mass is 10.0. The molecule has 0 aliphatic heterocycles. The number of halogens is 1. The third-order valence-electron chi connectivity index (χ3n) is 4.53. The van der Waals surface area contributed by atoms with Crippen LogP contribution in [0.5, 0.6) is 0 Å². The van der Waals surface area contributed by atoms with Gasteiger partial charge in [-0.1, -0.05) is 52.3 Å². The van der Waals surface area contributed by atoms with E-state index >= 15 is 0 Å². The highest BCUT2D eigenvalue weighted by Gasteiger charge is 2.24. The van der Waals surface area contributed by atoms with Crippen LogP contribution in [-0.2, 0) is 4.74 Å². The van der Waals surface area contributed by atoms with E-state index in [2.05, 4.69) is 21.0 Å². The van der Waals surface area contributed by atoms with E-state index in [-0.39, 0.29) is 23.6 Å². The topological polar surface area (TPSA) is 61.2 Å². The van der Waals surface area contributed by atoms with Gasteiger partial charge in [0.1, 0.15) is 0 Å². The third-order valence-corrected chi connectivity index (χ3v) is 5.06. The van der Waals surface area contributed by atoms with Gasteiger partial charge in [-0.15, -0.1) is 0 Å². The van der Waals surface area contributed by atoms with Crippen LogP contribution in [0.25, 0.3) is 16.5 Å². The van der Waals surface area contributed by atoms with Crippen LogP contribution in [0, 0.1) is 0 Å². The standard InChI is InChI=1S/C23H17BrN2O3/c1-2-29-23(28)21-20(14-26(25-21)19-11-9-18(24)10-12-19)22(27)17-8-7-15-5-3-4-6-16(15)13-17/h3-14H,2H2,1H3. The van der Waals surface area contributed by atoms with Crippen molar-refractivity contribution in [1.29, 1.82) is 0 Å². The number of nitrogens with zero attached hydrogens (tertiary/aromatic N) is 2. The number of hydrogen-bond acceptors (Lipinski definition) is 4. The molecular weight excluding hydrogens is 432 g/mol. The lowest BCUT2D eigenvalue weighted by molar-refractivity contribution is 0.0516. The van der Waals surface area contributed by atoms with Gasteiger partial charge in [-0.2, -0.15) is 5.10 Å². The van der Waals surface area contributed by atoms with Crippen molar-refractivity contribution in [2.75, 3.05) is 6.61 Å². The van der Waals surface area contributed by atoms with E-state index in [1.54, 1.807) is 19.2 Å².